The minimum absolute atomic E-state index is 0.296. The molecule has 154 valence electrons. The molecule has 1 aliphatic heterocycles. The summed E-state index contributed by atoms with van der Waals surface area (Å²) in [6, 6.07) is 15.3. The Balaban J connectivity index is 1.61. The Morgan fingerprint density at radius 3 is 2.53 bits per heavy atom. The Hall–Kier alpha value is -3.32. The van der Waals surface area contributed by atoms with Crippen molar-refractivity contribution in [2.45, 2.75) is 6.92 Å². The number of thioether (sulfide) groups is 1. The summed E-state index contributed by atoms with van der Waals surface area (Å²) in [6.45, 7) is 1.60. The van der Waals surface area contributed by atoms with E-state index in [1.165, 1.54) is 0 Å². The lowest BCUT2D eigenvalue weighted by molar-refractivity contribution is -0.127. The average molecular weight is 422 g/mol. The van der Waals surface area contributed by atoms with Gasteiger partial charge in [-0.25, -0.2) is 0 Å². The van der Waals surface area contributed by atoms with Crippen LogP contribution in [-0.2, 0) is 9.59 Å². The molecular weight excluding hydrogens is 398 g/mol. The third-order valence-corrected chi connectivity index (χ3v) is 5.35. The fourth-order valence-electron chi connectivity index (χ4n) is 2.85. The first-order valence-corrected chi connectivity index (χ1v) is 10.2. The molecule has 0 radical (unpaired) electrons. The van der Waals surface area contributed by atoms with Crippen molar-refractivity contribution in [1.29, 1.82) is 0 Å². The molecule has 0 aromatic heterocycles. The maximum atomic E-state index is 12.5. The summed E-state index contributed by atoms with van der Waals surface area (Å²) in [5, 5.41) is 2.26. The van der Waals surface area contributed by atoms with E-state index in [4.69, 9.17) is 0 Å². The van der Waals surface area contributed by atoms with E-state index in [1.807, 2.05) is 74.5 Å². The van der Waals surface area contributed by atoms with E-state index in [1.54, 1.807) is 18.2 Å². The molecule has 6 nitrogen and oxygen atoms in total. The van der Waals surface area contributed by atoms with Crippen LogP contribution in [0.1, 0.15) is 11.1 Å². The highest BCUT2D eigenvalue weighted by molar-refractivity contribution is 8.18. The molecule has 3 rings (SSSR count). The Morgan fingerprint density at radius 1 is 1.13 bits per heavy atom. The van der Waals surface area contributed by atoms with Gasteiger partial charge in [0, 0.05) is 25.5 Å². The molecule has 0 atom stereocenters. The van der Waals surface area contributed by atoms with Gasteiger partial charge in [-0.05, 0) is 60.2 Å². The van der Waals surface area contributed by atoms with Gasteiger partial charge in [0.25, 0.3) is 11.1 Å². The Kier molecular flexibility index (Phi) is 6.74. The largest absolute Gasteiger partial charge is 0.378 e. The topological polar surface area (TPSA) is 69.7 Å². The quantitative estimate of drug-likeness (QED) is 0.705. The number of rotatable bonds is 6. The fourth-order valence-corrected chi connectivity index (χ4v) is 3.64. The van der Waals surface area contributed by atoms with Crippen molar-refractivity contribution in [3.05, 3.63) is 76.7 Å². The van der Waals surface area contributed by atoms with Crippen LogP contribution in [-0.4, -0.2) is 42.6 Å². The van der Waals surface area contributed by atoms with Crippen LogP contribution in [0.3, 0.4) is 0 Å². The lowest BCUT2D eigenvalue weighted by Gasteiger charge is -2.12. The van der Waals surface area contributed by atoms with Crippen LogP contribution in [0.25, 0.3) is 6.08 Å². The summed E-state index contributed by atoms with van der Waals surface area (Å²) in [6.07, 6.45) is 5.19. The van der Waals surface area contributed by atoms with Crippen molar-refractivity contribution < 1.29 is 14.4 Å². The predicted molar refractivity (Wildman–Crippen MR) is 122 cm³/mol. The number of hydrogen-bond donors (Lipinski definition) is 1. The van der Waals surface area contributed by atoms with E-state index in [2.05, 4.69) is 5.32 Å². The van der Waals surface area contributed by atoms with Gasteiger partial charge in [0.2, 0.25) is 5.91 Å². The minimum atomic E-state index is -0.461. The van der Waals surface area contributed by atoms with Gasteiger partial charge in [-0.2, -0.15) is 0 Å². The predicted octanol–water partition coefficient (Wildman–Crippen LogP) is 4.29. The molecule has 3 amide bonds. The molecule has 0 bridgehead atoms. The Morgan fingerprint density at radius 2 is 1.87 bits per heavy atom. The molecule has 0 unspecified atom stereocenters. The van der Waals surface area contributed by atoms with Crippen LogP contribution in [0.2, 0.25) is 0 Å². The van der Waals surface area contributed by atoms with E-state index >= 15 is 0 Å². The fraction of sp³-hybridized carbons (Fsp3) is 0.174. The maximum Gasteiger partial charge on any atom is 0.294 e. The summed E-state index contributed by atoms with van der Waals surface area (Å²) >= 11 is 0.835. The number of imide groups is 1. The molecule has 1 aliphatic rings. The number of carbonyl (C=O) groups excluding carboxylic acids is 3. The van der Waals surface area contributed by atoms with E-state index in [-0.39, 0.29) is 6.54 Å². The molecule has 0 aliphatic carbocycles. The van der Waals surface area contributed by atoms with Crippen LogP contribution in [0.4, 0.5) is 16.2 Å². The van der Waals surface area contributed by atoms with Gasteiger partial charge in [0.15, 0.2) is 0 Å². The van der Waals surface area contributed by atoms with Crippen molar-refractivity contribution in [1.82, 2.24) is 4.90 Å². The summed E-state index contributed by atoms with van der Waals surface area (Å²) in [5.74, 6) is -0.877. The summed E-state index contributed by atoms with van der Waals surface area (Å²) in [7, 11) is 3.95. The average Bonchev–Trinajstić information content (AvgIpc) is 2.96. The highest BCUT2D eigenvalue weighted by Crippen LogP contribution is 2.30. The third kappa shape index (κ3) is 5.39. The van der Waals surface area contributed by atoms with Crippen LogP contribution in [0, 0.1) is 6.92 Å². The monoisotopic (exact) mass is 421 g/mol. The second-order valence-electron chi connectivity index (χ2n) is 7.05. The molecule has 0 spiro atoms. The van der Waals surface area contributed by atoms with Crippen molar-refractivity contribution in [3.63, 3.8) is 0 Å². The summed E-state index contributed by atoms with van der Waals surface area (Å²) < 4.78 is 0. The van der Waals surface area contributed by atoms with E-state index in [0.717, 1.165) is 33.5 Å². The van der Waals surface area contributed by atoms with Gasteiger partial charge < -0.3 is 10.2 Å². The number of hydrogen-bond acceptors (Lipinski definition) is 5. The normalized spacial score (nSPS) is 15.3. The summed E-state index contributed by atoms with van der Waals surface area (Å²) in [4.78, 5) is 40.2. The molecule has 1 heterocycles. The number of aryl methyl sites for hydroxylation is 1. The second kappa shape index (κ2) is 9.45. The molecule has 30 heavy (non-hydrogen) atoms. The number of allylic oxidation sites excluding steroid dienone is 2. The highest BCUT2D eigenvalue weighted by Gasteiger charge is 2.35. The van der Waals surface area contributed by atoms with Crippen LogP contribution in [0.5, 0.6) is 0 Å². The van der Waals surface area contributed by atoms with E-state index in [0.29, 0.717) is 10.6 Å². The number of nitrogens with zero attached hydrogens (tertiary/aromatic N) is 2. The van der Waals surface area contributed by atoms with Gasteiger partial charge in [-0.3, -0.25) is 19.3 Å². The Labute approximate surface area is 180 Å². The van der Waals surface area contributed by atoms with Crippen molar-refractivity contribution in [3.8, 4) is 0 Å². The zero-order valence-electron chi connectivity index (χ0n) is 17.1. The molecule has 7 heteroatoms. The van der Waals surface area contributed by atoms with Gasteiger partial charge in [0.1, 0.15) is 6.54 Å². The molecule has 2 aromatic rings. The van der Waals surface area contributed by atoms with Gasteiger partial charge in [-0.15, -0.1) is 0 Å². The van der Waals surface area contributed by atoms with Gasteiger partial charge >= 0.3 is 0 Å². The number of carbonyl (C=O) groups is 3. The molecule has 2 aromatic carbocycles. The lowest BCUT2D eigenvalue weighted by atomic mass is 10.2. The van der Waals surface area contributed by atoms with Gasteiger partial charge in [0.05, 0.1) is 4.91 Å². The zero-order valence-corrected chi connectivity index (χ0v) is 17.9. The lowest BCUT2D eigenvalue weighted by Crippen LogP contribution is -2.36. The number of nitrogens with one attached hydrogen (secondary N) is 1. The SMILES string of the molecule is Cc1cccc(NC(=O)CN2C(=O)S/C(=C\C=C\c3ccc(N(C)C)cc3)C2=O)c1. The first kappa shape index (κ1) is 21.4. The van der Waals surface area contributed by atoms with E-state index in [9.17, 15) is 14.4 Å². The van der Waals surface area contributed by atoms with Crippen LogP contribution in [0.15, 0.2) is 65.6 Å². The molecule has 0 saturated carbocycles. The molecular formula is C23H23N3O3S. The first-order valence-electron chi connectivity index (χ1n) is 9.39. The minimum Gasteiger partial charge on any atom is -0.378 e. The van der Waals surface area contributed by atoms with Crippen LogP contribution < -0.4 is 10.2 Å². The number of amides is 3. The summed E-state index contributed by atoms with van der Waals surface area (Å²) in [5.41, 5.74) is 3.71. The molecule has 1 fully saturated rings. The molecule has 1 saturated heterocycles. The first-order chi connectivity index (χ1) is 14.3. The van der Waals surface area contributed by atoms with Crippen molar-refractivity contribution >= 4 is 46.3 Å². The van der Waals surface area contributed by atoms with Crippen LogP contribution >= 0.6 is 11.8 Å². The third-order valence-electron chi connectivity index (χ3n) is 4.42. The highest BCUT2D eigenvalue weighted by atomic mass is 32.2. The maximum absolute atomic E-state index is 12.5. The Bertz CT molecular complexity index is 1030. The standard InChI is InChI=1S/C23H23N3O3S/c1-16-6-4-8-18(14-16)24-21(27)15-26-22(28)20(30-23(26)29)9-5-7-17-10-12-19(13-11-17)25(2)3/h4-14H,15H2,1-3H3,(H,24,27)/b7-5+,20-9-. The smallest absolute Gasteiger partial charge is 0.294 e. The van der Waals surface area contributed by atoms with E-state index < -0.39 is 17.1 Å². The second-order valence-corrected chi connectivity index (χ2v) is 8.05. The number of anilines is 2. The van der Waals surface area contributed by atoms with Gasteiger partial charge in [-0.1, -0.05) is 36.4 Å². The van der Waals surface area contributed by atoms with Crippen molar-refractivity contribution in [2.75, 3.05) is 30.9 Å². The van der Waals surface area contributed by atoms with Crippen molar-refractivity contribution in [2.24, 2.45) is 0 Å². The number of benzene rings is 2. The molecule has 1 N–H and O–H groups in total. The zero-order chi connectivity index (χ0) is 21.7.